The average Bonchev–Trinajstić information content (AvgIpc) is 2.72. The van der Waals surface area contributed by atoms with E-state index in [1.807, 2.05) is 30.3 Å². The van der Waals surface area contributed by atoms with Crippen molar-refractivity contribution >= 4 is 5.97 Å². The van der Waals surface area contributed by atoms with Gasteiger partial charge in [-0.15, -0.1) is 0 Å². The van der Waals surface area contributed by atoms with Gasteiger partial charge in [-0.05, 0) is 18.6 Å². The lowest BCUT2D eigenvalue weighted by molar-refractivity contribution is 0.0695. The summed E-state index contributed by atoms with van der Waals surface area (Å²) < 4.78 is 5.37. The van der Waals surface area contributed by atoms with Gasteiger partial charge in [0.05, 0.1) is 6.54 Å². The molecule has 94 valence electrons. The number of furan rings is 1. The van der Waals surface area contributed by atoms with Crippen molar-refractivity contribution in [3.63, 3.8) is 0 Å². The fourth-order valence-electron chi connectivity index (χ4n) is 1.77. The minimum atomic E-state index is -0.953. The first kappa shape index (κ1) is 12.4. The number of aromatic carboxylic acids is 1. The van der Waals surface area contributed by atoms with Crippen LogP contribution < -0.4 is 5.32 Å². The van der Waals surface area contributed by atoms with Gasteiger partial charge in [-0.1, -0.05) is 30.3 Å². The Hall–Kier alpha value is -2.07. The molecule has 0 saturated heterocycles. The molecule has 18 heavy (non-hydrogen) atoms. The Kier molecular flexibility index (Phi) is 3.79. The Morgan fingerprint density at radius 1 is 1.28 bits per heavy atom. The molecule has 1 aromatic heterocycles. The van der Waals surface area contributed by atoms with Crippen LogP contribution in [0.25, 0.3) is 0 Å². The van der Waals surface area contributed by atoms with Crippen LogP contribution in [0, 0.1) is 6.92 Å². The summed E-state index contributed by atoms with van der Waals surface area (Å²) in [4.78, 5) is 10.8. The normalized spacial score (nSPS) is 10.5. The van der Waals surface area contributed by atoms with Crippen LogP contribution in [0.5, 0.6) is 0 Å². The van der Waals surface area contributed by atoms with Crippen molar-refractivity contribution in [2.24, 2.45) is 0 Å². The first-order valence-corrected chi connectivity index (χ1v) is 5.74. The molecule has 0 bridgehead atoms. The molecular formula is C14H15NO3. The third-order valence-corrected chi connectivity index (χ3v) is 2.67. The van der Waals surface area contributed by atoms with Gasteiger partial charge in [0.1, 0.15) is 17.1 Å². The van der Waals surface area contributed by atoms with Crippen LogP contribution in [0.2, 0.25) is 0 Å². The molecule has 0 aliphatic heterocycles. The highest BCUT2D eigenvalue weighted by atomic mass is 16.4. The smallest absolute Gasteiger partial charge is 0.339 e. The summed E-state index contributed by atoms with van der Waals surface area (Å²) in [6.07, 6.45) is 0. The third-order valence-electron chi connectivity index (χ3n) is 2.67. The predicted molar refractivity (Wildman–Crippen MR) is 67.4 cm³/mol. The van der Waals surface area contributed by atoms with Gasteiger partial charge in [-0.2, -0.15) is 0 Å². The molecule has 1 aromatic carbocycles. The van der Waals surface area contributed by atoms with E-state index < -0.39 is 5.97 Å². The van der Waals surface area contributed by atoms with E-state index in [9.17, 15) is 4.79 Å². The number of nitrogens with one attached hydrogen (secondary N) is 1. The van der Waals surface area contributed by atoms with E-state index in [2.05, 4.69) is 5.32 Å². The highest BCUT2D eigenvalue weighted by Crippen LogP contribution is 2.14. The van der Waals surface area contributed by atoms with E-state index in [0.717, 1.165) is 6.54 Å². The quantitative estimate of drug-likeness (QED) is 0.849. The minimum Gasteiger partial charge on any atom is -0.478 e. The first-order valence-electron chi connectivity index (χ1n) is 5.74. The predicted octanol–water partition coefficient (Wildman–Crippen LogP) is 2.58. The number of hydrogen-bond donors (Lipinski definition) is 2. The van der Waals surface area contributed by atoms with E-state index >= 15 is 0 Å². The summed E-state index contributed by atoms with van der Waals surface area (Å²) >= 11 is 0. The standard InChI is InChI=1S/C14H15NO3/c1-10-13(14(16)17)7-12(18-10)9-15-8-11-5-3-2-4-6-11/h2-7,15H,8-9H2,1H3,(H,16,17). The number of benzene rings is 1. The fraction of sp³-hybridized carbons (Fsp3) is 0.214. The zero-order valence-electron chi connectivity index (χ0n) is 10.1. The van der Waals surface area contributed by atoms with E-state index in [1.165, 1.54) is 5.56 Å². The topological polar surface area (TPSA) is 62.5 Å². The van der Waals surface area contributed by atoms with Crippen molar-refractivity contribution < 1.29 is 14.3 Å². The maximum atomic E-state index is 10.8. The molecule has 0 amide bonds. The van der Waals surface area contributed by atoms with Gasteiger partial charge in [0.25, 0.3) is 0 Å². The summed E-state index contributed by atoms with van der Waals surface area (Å²) in [5.74, 6) is 0.130. The summed E-state index contributed by atoms with van der Waals surface area (Å²) in [5, 5.41) is 12.1. The molecule has 0 atom stereocenters. The van der Waals surface area contributed by atoms with Crippen LogP contribution >= 0.6 is 0 Å². The molecule has 4 heteroatoms. The first-order chi connectivity index (χ1) is 8.66. The second-order valence-electron chi connectivity index (χ2n) is 4.08. The monoisotopic (exact) mass is 245 g/mol. The molecule has 1 heterocycles. The zero-order valence-corrected chi connectivity index (χ0v) is 10.1. The summed E-state index contributed by atoms with van der Waals surface area (Å²) in [6, 6.07) is 11.6. The molecule has 0 radical (unpaired) electrons. The molecule has 0 aliphatic rings. The lowest BCUT2D eigenvalue weighted by Gasteiger charge is -2.02. The Morgan fingerprint density at radius 3 is 2.61 bits per heavy atom. The second kappa shape index (κ2) is 5.51. The van der Waals surface area contributed by atoms with Crippen molar-refractivity contribution in [3.05, 3.63) is 59.0 Å². The largest absolute Gasteiger partial charge is 0.478 e. The SMILES string of the molecule is Cc1oc(CNCc2ccccc2)cc1C(=O)O. The maximum absolute atomic E-state index is 10.8. The molecule has 0 aliphatic carbocycles. The Bertz CT molecular complexity index is 531. The van der Waals surface area contributed by atoms with Crippen LogP contribution in [0.4, 0.5) is 0 Å². The van der Waals surface area contributed by atoms with Crippen molar-refractivity contribution in [2.75, 3.05) is 0 Å². The highest BCUT2D eigenvalue weighted by molar-refractivity contribution is 5.88. The van der Waals surface area contributed by atoms with Crippen LogP contribution in [0.1, 0.15) is 27.4 Å². The molecule has 0 unspecified atom stereocenters. The number of aryl methyl sites for hydroxylation is 1. The molecule has 0 saturated carbocycles. The summed E-state index contributed by atoms with van der Waals surface area (Å²) in [5.41, 5.74) is 1.41. The average molecular weight is 245 g/mol. The van der Waals surface area contributed by atoms with Crippen LogP contribution in [0.3, 0.4) is 0 Å². The van der Waals surface area contributed by atoms with E-state index in [1.54, 1.807) is 13.0 Å². The lowest BCUT2D eigenvalue weighted by atomic mass is 10.2. The van der Waals surface area contributed by atoms with Gasteiger partial charge in [-0.3, -0.25) is 0 Å². The van der Waals surface area contributed by atoms with Gasteiger partial charge in [-0.25, -0.2) is 4.79 Å². The molecule has 2 rings (SSSR count). The van der Waals surface area contributed by atoms with Crippen molar-refractivity contribution in [1.29, 1.82) is 0 Å². The molecule has 2 N–H and O–H groups in total. The molecule has 0 spiro atoms. The van der Waals surface area contributed by atoms with Gasteiger partial charge in [0.15, 0.2) is 0 Å². The molecular weight excluding hydrogens is 230 g/mol. The zero-order chi connectivity index (χ0) is 13.0. The number of carboxylic acid groups (broad SMARTS) is 1. The third kappa shape index (κ3) is 2.99. The molecule has 4 nitrogen and oxygen atoms in total. The van der Waals surface area contributed by atoms with Crippen molar-refractivity contribution in [3.8, 4) is 0 Å². The van der Waals surface area contributed by atoms with Crippen LogP contribution in [-0.2, 0) is 13.1 Å². The molecule has 0 fully saturated rings. The minimum absolute atomic E-state index is 0.228. The van der Waals surface area contributed by atoms with E-state index in [4.69, 9.17) is 9.52 Å². The van der Waals surface area contributed by atoms with Crippen LogP contribution in [-0.4, -0.2) is 11.1 Å². The Labute approximate surface area is 105 Å². The Balaban J connectivity index is 1.91. The number of carbonyl (C=O) groups is 1. The maximum Gasteiger partial charge on any atom is 0.339 e. The van der Waals surface area contributed by atoms with E-state index in [0.29, 0.717) is 18.1 Å². The van der Waals surface area contributed by atoms with Gasteiger partial charge in [0, 0.05) is 6.54 Å². The van der Waals surface area contributed by atoms with Crippen molar-refractivity contribution in [1.82, 2.24) is 5.32 Å². The second-order valence-corrected chi connectivity index (χ2v) is 4.08. The van der Waals surface area contributed by atoms with Gasteiger partial charge in [0.2, 0.25) is 0 Å². The highest BCUT2D eigenvalue weighted by Gasteiger charge is 2.12. The Morgan fingerprint density at radius 2 is 2.00 bits per heavy atom. The van der Waals surface area contributed by atoms with Gasteiger partial charge < -0.3 is 14.8 Å². The lowest BCUT2D eigenvalue weighted by Crippen LogP contribution is -2.11. The fourth-order valence-corrected chi connectivity index (χ4v) is 1.77. The van der Waals surface area contributed by atoms with Crippen LogP contribution in [0.15, 0.2) is 40.8 Å². The number of carboxylic acids is 1. The van der Waals surface area contributed by atoms with E-state index in [-0.39, 0.29) is 5.56 Å². The number of rotatable bonds is 5. The van der Waals surface area contributed by atoms with Crippen molar-refractivity contribution in [2.45, 2.75) is 20.0 Å². The summed E-state index contributed by atoms with van der Waals surface area (Å²) in [7, 11) is 0. The molecule has 2 aromatic rings. The van der Waals surface area contributed by atoms with Gasteiger partial charge >= 0.3 is 5.97 Å². The number of hydrogen-bond acceptors (Lipinski definition) is 3. The summed E-state index contributed by atoms with van der Waals surface area (Å²) in [6.45, 7) is 2.90.